The highest BCUT2D eigenvalue weighted by molar-refractivity contribution is 9.10. The summed E-state index contributed by atoms with van der Waals surface area (Å²) in [6.45, 7) is 10.3. The highest BCUT2D eigenvalue weighted by atomic mass is 79.9. The van der Waals surface area contributed by atoms with Crippen LogP contribution < -0.4 is 5.32 Å². The summed E-state index contributed by atoms with van der Waals surface area (Å²) in [5.41, 5.74) is 1.16. The monoisotopic (exact) mass is 327 g/mol. The summed E-state index contributed by atoms with van der Waals surface area (Å²) in [4.78, 5) is 6.91. The third kappa shape index (κ3) is 3.91. The van der Waals surface area contributed by atoms with Gasteiger partial charge in [-0.3, -0.25) is 4.90 Å². The summed E-state index contributed by atoms with van der Waals surface area (Å²) in [6.07, 6.45) is 1.83. The number of nitrogens with one attached hydrogen (secondary N) is 1. The lowest BCUT2D eigenvalue weighted by atomic mass is 10.1. The highest BCUT2D eigenvalue weighted by Crippen LogP contribution is 2.19. The van der Waals surface area contributed by atoms with Gasteiger partial charge in [0.15, 0.2) is 0 Å². The molecular formula is C14H22BrN3O. The number of hydrogen-bond donors (Lipinski definition) is 1. The van der Waals surface area contributed by atoms with Gasteiger partial charge in [-0.1, -0.05) is 0 Å². The standard InChI is InChI=1S/C14H22BrN3O/c1-10-8-13(15)9-16-14(10)17-11(2)12(3)18-4-6-19-7-5-18/h8-9,11-12H,4-7H2,1-3H3,(H,16,17). The minimum atomic E-state index is 0.352. The van der Waals surface area contributed by atoms with Gasteiger partial charge in [-0.05, 0) is 48.3 Å². The molecule has 0 aliphatic carbocycles. The van der Waals surface area contributed by atoms with Crippen LogP contribution in [0.4, 0.5) is 5.82 Å². The third-order valence-electron chi connectivity index (χ3n) is 3.75. The molecule has 1 fully saturated rings. The van der Waals surface area contributed by atoms with E-state index < -0.39 is 0 Å². The van der Waals surface area contributed by atoms with Crippen molar-refractivity contribution in [2.75, 3.05) is 31.6 Å². The fourth-order valence-electron chi connectivity index (χ4n) is 2.33. The Bertz CT molecular complexity index is 421. The van der Waals surface area contributed by atoms with Crippen molar-refractivity contribution < 1.29 is 4.74 Å². The van der Waals surface area contributed by atoms with E-state index >= 15 is 0 Å². The second kappa shape index (κ2) is 6.68. The number of morpholine rings is 1. The maximum Gasteiger partial charge on any atom is 0.129 e. The van der Waals surface area contributed by atoms with Crippen molar-refractivity contribution in [3.63, 3.8) is 0 Å². The number of aryl methyl sites for hydroxylation is 1. The Hall–Kier alpha value is -0.650. The van der Waals surface area contributed by atoms with E-state index in [4.69, 9.17) is 4.74 Å². The van der Waals surface area contributed by atoms with E-state index in [9.17, 15) is 0 Å². The zero-order chi connectivity index (χ0) is 13.8. The lowest BCUT2D eigenvalue weighted by Crippen LogP contribution is -2.48. The summed E-state index contributed by atoms with van der Waals surface area (Å²) in [5.74, 6) is 0.968. The van der Waals surface area contributed by atoms with Crippen LogP contribution in [0.2, 0.25) is 0 Å². The van der Waals surface area contributed by atoms with Crippen molar-refractivity contribution in [3.05, 3.63) is 22.3 Å². The van der Waals surface area contributed by atoms with E-state index in [1.807, 2.05) is 6.20 Å². The van der Waals surface area contributed by atoms with Gasteiger partial charge in [-0.2, -0.15) is 0 Å². The molecule has 1 aromatic heterocycles. The van der Waals surface area contributed by atoms with Crippen molar-refractivity contribution in [3.8, 4) is 0 Å². The van der Waals surface area contributed by atoms with E-state index in [-0.39, 0.29) is 0 Å². The number of aromatic nitrogens is 1. The van der Waals surface area contributed by atoms with Crippen molar-refractivity contribution in [1.82, 2.24) is 9.88 Å². The first kappa shape index (κ1) is 14.8. The molecule has 0 amide bonds. The molecule has 19 heavy (non-hydrogen) atoms. The summed E-state index contributed by atoms with van der Waals surface area (Å²) >= 11 is 3.44. The minimum absolute atomic E-state index is 0.352. The summed E-state index contributed by atoms with van der Waals surface area (Å²) in [7, 11) is 0. The van der Waals surface area contributed by atoms with Gasteiger partial charge in [-0.25, -0.2) is 4.98 Å². The number of nitrogens with zero attached hydrogens (tertiary/aromatic N) is 2. The van der Waals surface area contributed by atoms with E-state index in [1.165, 1.54) is 0 Å². The van der Waals surface area contributed by atoms with Crippen LogP contribution in [0.1, 0.15) is 19.4 Å². The van der Waals surface area contributed by atoms with E-state index in [2.05, 4.69) is 58.0 Å². The van der Waals surface area contributed by atoms with Crippen LogP contribution in [0, 0.1) is 6.92 Å². The molecular weight excluding hydrogens is 306 g/mol. The van der Waals surface area contributed by atoms with Crippen LogP contribution >= 0.6 is 15.9 Å². The molecule has 5 heteroatoms. The average molecular weight is 328 g/mol. The molecule has 1 aliphatic heterocycles. The Morgan fingerprint density at radius 2 is 2.05 bits per heavy atom. The van der Waals surface area contributed by atoms with E-state index in [0.717, 1.165) is 42.2 Å². The van der Waals surface area contributed by atoms with Gasteiger partial charge in [0.25, 0.3) is 0 Å². The average Bonchev–Trinajstić information content (AvgIpc) is 2.42. The van der Waals surface area contributed by atoms with Gasteiger partial charge in [0, 0.05) is 35.8 Å². The van der Waals surface area contributed by atoms with Crippen LogP contribution in [0.3, 0.4) is 0 Å². The predicted molar refractivity (Wildman–Crippen MR) is 81.6 cm³/mol. The molecule has 2 unspecified atom stereocenters. The number of pyridine rings is 1. The first-order valence-electron chi connectivity index (χ1n) is 6.78. The van der Waals surface area contributed by atoms with Crippen LogP contribution in [-0.4, -0.2) is 48.3 Å². The third-order valence-corrected chi connectivity index (χ3v) is 4.19. The highest BCUT2D eigenvalue weighted by Gasteiger charge is 2.22. The Kier molecular flexibility index (Phi) is 5.19. The SMILES string of the molecule is Cc1cc(Br)cnc1NC(C)C(C)N1CCOCC1. The molecule has 1 aliphatic rings. The van der Waals surface area contributed by atoms with Gasteiger partial charge in [-0.15, -0.1) is 0 Å². The summed E-state index contributed by atoms with van der Waals surface area (Å²) < 4.78 is 6.42. The molecule has 4 nitrogen and oxygen atoms in total. The molecule has 2 rings (SSSR count). The molecule has 1 aromatic rings. The van der Waals surface area contributed by atoms with Crippen molar-refractivity contribution in [1.29, 1.82) is 0 Å². The molecule has 1 saturated heterocycles. The van der Waals surface area contributed by atoms with Crippen molar-refractivity contribution in [2.24, 2.45) is 0 Å². The zero-order valence-electron chi connectivity index (χ0n) is 11.8. The van der Waals surface area contributed by atoms with Gasteiger partial charge < -0.3 is 10.1 Å². The smallest absolute Gasteiger partial charge is 0.129 e. The number of hydrogen-bond acceptors (Lipinski definition) is 4. The molecule has 2 heterocycles. The van der Waals surface area contributed by atoms with Gasteiger partial charge in [0.1, 0.15) is 5.82 Å². The maximum absolute atomic E-state index is 5.40. The second-order valence-electron chi connectivity index (χ2n) is 5.14. The Morgan fingerprint density at radius 3 is 2.68 bits per heavy atom. The van der Waals surface area contributed by atoms with Crippen LogP contribution in [-0.2, 0) is 4.74 Å². The number of halogens is 1. The Balaban J connectivity index is 1.97. The summed E-state index contributed by atoms with van der Waals surface area (Å²) in [6, 6.07) is 2.90. The summed E-state index contributed by atoms with van der Waals surface area (Å²) in [5, 5.41) is 3.52. The Morgan fingerprint density at radius 1 is 1.37 bits per heavy atom. The first-order valence-corrected chi connectivity index (χ1v) is 7.57. The zero-order valence-corrected chi connectivity index (χ0v) is 13.4. The molecule has 0 aromatic carbocycles. The van der Waals surface area contributed by atoms with Gasteiger partial charge in [0.05, 0.1) is 13.2 Å². The van der Waals surface area contributed by atoms with Crippen molar-refractivity contribution >= 4 is 21.7 Å². The number of ether oxygens (including phenoxy) is 1. The van der Waals surface area contributed by atoms with Crippen LogP contribution in [0.5, 0.6) is 0 Å². The Labute approximate surface area is 123 Å². The largest absolute Gasteiger partial charge is 0.379 e. The fourth-order valence-corrected chi connectivity index (χ4v) is 2.77. The van der Waals surface area contributed by atoms with Crippen LogP contribution in [0.15, 0.2) is 16.7 Å². The normalized spacial score (nSPS) is 20.0. The number of anilines is 1. The second-order valence-corrected chi connectivity index (χ2v) is 6.06. The molecule has 0 radical (unpaired) electrons. The molecule has 1 N–H and O–H groups in total. The molecule has 0 saturated carbocycles. The van der Waals surface area contributed by atoms with Crippen LogP contribution in [0.25, 0.3) is 0 Å². The number of rotatable bonds is 4. The minimum Gasteiger partial charge on any atom is -0.379 e. The lowest BCUT2D eigenvalue weighted by Gasteiger charge is -2.36. The first-order chi connectivity index (χ1) is 9.08. The molecule has 0 bridgehead atoms. The van der Waals surface area contributed by atoms with Gasteiger partial charge >= 0.3 is 0 Å². The molecule has 106 valence electrons. The topological polar surface area (TPSA) is 37.4 Å². The van der Waals surface area contributed by atoms with E-state index in [1.54, 1.807) is 0 Å². The van der Waals surface area contributed by atoms with E-state index in [0.29, 0.717) is 12.1 Å². The van der Waals surface area contributed by atoms with Crippen molar-refractivity contribution in [2.45, 2.75) is 32.9 Å². The maximum atomic E-state index is 5.40. The predicted octanol–water partition coefficient (Wildman–Crippen LogP) is 2.67. The molecule has 2 atom stereocenters. The molecule has 0 spiro atoms. The lowest BCUT2D eigenvalue weighted by molar-refractivity contribution is 0.0175. The fraction of sp³-hybridized carbons (Fsp3) is 0.643. The van der Waals surface area contributed by atoms with Gasteiger partial charge in [0.2, 0.25) is 0 Å². The quantitative estimate of drug-likeness (QED) is 0.922.